The third-order valence-corrected chi connectivity index (χ3v) is 6.69. The van der Waals surface area contributed by atoms with Crippen molar-refractivity contribution < 1.29 is 4.42 Å². The maximum Gasteiger partial charge on any atom is 0.260 e. The van der Waals surface area contributed by atoms with E-state index >= 15 is 0 Å². The second-order valence-electron chi connectivity index (χ2n) is 6.92. The molecule has 7 nitrogen and oxygen atoms in total. The van der Waals surface area contributed by atoms with Crippen LogP contribution >= 0.6 is 23.1 Å². The number of fused-ring (bicyclic) bond motifs is 2. The zero-order valence-corrected chi connectivity index (χ0v) is 18.5. The number of nitrogens with zero attached hydrogens (tertiary/aromatic N) is 3. The number of hydrogen-bond acceptors (Lipinski definition) is 8. The van der Waals surface area contributed by atoms with Crippen LogP contribution in [0.15, 0.2) is 62.4 Å². The summed E-state index contributed by atoms with van der Waals surface area (Å²) in [6, 6.07) is 11.6. The van der Waals surface area contributed by atoms with Gasteiger partial charge in [0.1, 0.15) is 22.2 Å². The summed E-state index contributed by atoms with van der Waals surface area (Å²) in [5.74, 6) is 2.06. The smallest absolute Gasteiger partial charge is 0.260 e. The van der Waals surface area contributed by atoms with Crippen LogP contribution in [0.1, 0.15) is 24.9 Å². The fourth-order valence-electron chi connectivity index (χ4n) is 3.40. The van der Waals surface area contributed by atoms with Crippen molar-refractivity contribution in [2.45, 2.75) is 24.3 Å². The molecule has 0 aliphatic rings. The lowest BCUT2D eigenvalue weighted by Gasteiger charge is -2.12. The van der Waals surface area contributed by atoms with E-state index in [1.165, 1.54) is 23.1 Å². The molecule has 5 rings (SSSR count). The van der Waals surface area contributed by atoms with Crippen LogP contribution in [-0.4, -0.2) is 26.5 Å². The number of para-hydroxylation sites is 1. The Morgan fingerprint density at radius 2 is 2.06 bits per heavy atom. The van der Waals surface area contributed by atoms with E-state index in [1.54, 1.807) is 12.3 Å². The van der Waals surface area contributed by atoms with Crippen molar-refractivity contribution in [1.29, 1.82) is 0 Å². The first-order valence-corrected chi connectivity index (χ1v) is 11.6. The van der Waals surface area contributed by atoms with E-state index in [-0.39, 0.29) is 10.8 Å². The molecule has 0 bridgehead atoms. The van der Waals surface area contributed by atoms with E-state index in [0.29, 0.717) is 27.0 Å². The highest BCUT2D eigenvalue weighted by atomic mass is 32.2. The number of rotatable bonds is 6. The van der Waals surface area contributed by atoms with Crippen molar-refractivity contribution >= 4 is 50.0 Å². The molecule has 2 N–H and O–H groups in total. The number of thiophene rings is 1. The minimum Gasteiger partial charge on any atom is -0.464 e. The number of hydrogen-bond donors (Lipinski definition) is 2. The van der Waals surface area contributed by atoms with Crippen LogP contribution in [0.25, 0.3) is 32.4 Å². The van der Waals surface area contributed by atoms with Gasteiger partial charge in [-0.3, -0.25) is 4.79 Å². The van der Waals surface area contributed by atoms with Crippen LogP contribution < -0.4 is 10.9 Å². The quantitative estimate of drug-likeness (QED) is 0.262. The van der Waals surface area contributed by atoms with Crippen LogP contribution in [0.3, 0.4) is 0 Å². The van der Waals surface area contributed by atoms with Crippen LogP contribution in [0.5, 0.6) is 0 Å². The molecule has 0 spiro atoms. The third-order valence-electron chi connectivity index (χ3n) is 4.84. The van der Waals surface area contributed by atoms with Crippen LogP contribution in [0.4, 0.5) is 5.82 Å². The minimum atomic E-state index is -0.173. The van der Waals surface area contributed by atoms with Gasteiger partial charge in [-0.25, -0.2) is 15.0 Å². The highest BCUT2D eigenvalue weighted by Crippen LogP contribution is 2.35. The maximum atomic E-state index is 12.9. The summed E-state index contributed by atoms with van der Waals surface area (Å²) in [5.41, 5.74) is 1.47. The molecule has 4 aromatic heterocycles. The Balaban J connectivity index is 1.49. The van der Waals surface area contributed by atoms with Crippen molar-refractivity contribution in [2.24, 2.45) is 0 Å². The molecule has 4 heterocycles. The average Bonchev–Trinajstić information content (AvgIpc) is 3.44. The molecular formula is C22H19N5O2S2. The molecule has 1 aromatic carbocycles. The topological polar surface area (TPSA) is 96.7 Å². The number of nitrogens with one attached hydrogen (secondary N) is 2. The van der Waals surface area contributed by atoms with Gasteiger partial charge in [-0.05, 0) is 38.1 Å². The lowest BCUT2D eigenvalue weighted by atomic mass is 10.2. The molecule has 1 atom stereocenters. The normalized spacial score (nSPS) is 12.5. The highest BCUT2D eigenvalue weighted by Gasteiger charge is 2.19. The molecule has 1 unspecified atom stereocenters. The van der Waals surface area contributed by atoms with Gasteiger partial charge in [0.05, 0.1) is 22.4 Å². The molecule has 5 aromatic rings. The summed E-state index contributed by atoms with van der Waals surface area (Å²) in [7, 11) is 0. The second-order valence-corrected chi connectivity index (χ2v) is 9.09. The van der Waals surface area contributed by atoms with E-state index in [1.807, 2.05) is 49.6 Å². The number of aromatic nitrogens is 4. The van der Waals surface area contributed by atoms with Crippen LogP contribution in [0.2, 0.25) is 0 Å². The van der Waals surface area contributed by atoms with Gasteiger partial charge in [0, 0.05) is 22.9 Å². The Kier molecular flexibility index (Phi) is 5.21. The first-order chi connectivity index (χ1) is 15.1. The first-order valence-electron chi connectivity index (χ1n) is 9.86. The van der Waals surface area contributed by atoms with E-state index in [2.05, 4.69) is 20.3 Å². The Bertz CT molecular complexity index is 1430. The van der Waals surface area contributed by atoms with E-state index in [9.17, 15) is 4.79 Å². The van der Waals surface area contributed by atoms with Gasteiger partial charge < -0.3 is 14.7 Å². The van der Waals surface area contributed by atoms with Gasteiger partial charge >= 0.3 is 0 Å². The number of benzene rings is 1. The molecule has 0 aliphatic heterocycles. The fourth-order valence-corrected chi connectivity index (χ4v) is 5.16. The fraction of sp³-hybridized carbons (Fsp3) is 0.182. The number of H-pyrrole nitrogens is 1. The zero-order valence-electron chi connectivity index (χ0n) is 16.9. The first kappa shape index (κ1) is 19.8. The van der Waals surface area contributed by atoms with Gasteiger partial charge in [0.2, 0.25) is 0 Å². The second kappa shape index (κ2) is 8.16. The average molecular weight is 450 g/mol. The van der Waals surface area contributed by atoms with Crippen LogP contribution in [0, 0.1) is 0 Å². The van der Waals surface area contributed by atoms with Crippen LogP contribution in [-0.2, 0) is 0 Å². The summed E-state index contributed by atoms with van der Waals surface area (Å²) >= 11 is 2.90. The number of furan rings is 1. The Morgan fingerprint density at radius 1 is 1.19 bits per heavy atom. The monoisotopic (exact) mass is 449 g/mol. The van der Waals surface area contributed by atoms with Gasteiger partial charge in [0.15, 0.2) is 5.16 Å². The lowest BCUT2D eigenvalue weighted by Crippen LogP contribution is -2.12. The van der Waals surface area contributed by atoms with Crippen molar-refractivity contribution in [2.75, 3.05) is 11.9 Å². The molecule has 0 saturated carbocycles. The lowest BCUT2D eigenvalue weighted by molar-refractivity contribution is 0.583. The summed E-state index contributed by atoms with van der Waals surface area (Å²) in [6.45, 7) is 4.79. The van der Waals surface area contributed by atoms with E-state index in [4.69, 9.17) is 9.40 Å². The predicted octanol–water partition coefficient (Wildman–Crippen LogP) is 5.47. The number of thioether (sulfide) groups is 1. The molecule has 0 saturated heterocycles. The van der Waals surface area contributed by atoms with Gasteiger partial charge in [0.25, 0.3) is 5.56 Å². The molecule has 9 heteroatoms. The largest absolute Gasteiger partial charge is 0.464 e. The van der Waals surface area contributed by atoms with Crippen molar-refractivity contribution in [1.82, 2.24) is 19.9 Å². The number of anilines is 1. The van der Waals surface area contributed by atoms with Crippen molar-refractivity contribution in [3.63, 3.8) is 0 Å². The van der Waals surface area contributed by atoms with Crippen molar-refractivity contribution in [3.8, 4) is 11.3 Å². The summed E-state index contributed by atoms with van der Waals surface area (Å²) in [5, 5.41) is 7.25. The third kappa shape index (κ3) is 3.70. The molecule has 0 radical (unpaired) electrons. The molecule has 0 aliphatic carbocycles. The van der Waals surface area contributed by atoms with Gasteiger partial charge in [-0.1, -0.05) is 23.9 Å². The maximum absolute atomic E-state index is 12.9. The summed E-state index contributed by atoms with van der Waals surface area (Å²) in [4.78, 5) is 30.6. The molecule has 0 amide bonds. The highest BCUT2D eigenvalue weighted by molar-refractivity contribution is 7.99. The number of aromatic amines is 1. The standard InChI is InChI=1S/C22H19N5O2S2/c1-3-23-19-13-7-4-5-8-15(13)24-22(27-19)31-12(2)18-25-20(28)17-14(11-30-21(17)26-18)16-9-6-10-29-16/h4-12H,3H2,1-2H3,(H,23,24,27)(H,25,26,28). The molecule has 156 valence electrons. The molecule has 0 fully saturated rings. The molecule has 31 heavy (non-hydrogen) atoms. The predicted molar refractivity (Wildman–Crippen MR) is 126 cm³/mol. The summed E-state index contributed by atoms with van der Waals surface area (Å²) in [6.07, 6.45) is 1.60. The Hall–Kier alpha value is -3.17. The van der Waals surface area contributed by atoms with Gasteiger partial charge in [-0.2, -0.15) is 0 Å². The molecular weight excluding hydrogens is 430 g/mol. The van der Waals surface area contributed by atoms with Crippen molar-refractivity contribution in [3.05, 3.63) is 64.2 Å². The SMILES string of the molecule is CCNc1nc(SC(C)c2nc3scc(-c4ccco4)c3c(=O)[nH]2)nc2ccccc12. The zero-order chi connectivity index (χ0) is 21.4. The van der Waals surface area contributed by atoms with E-state index < -0.39 is 0 Å². The Labute approximate surface area is 186 Å². The van der Waals surface area contributed by atoms with E-state index in [0.717, 1.165) is 28.8 Å². The van der Waals surface area contributed by atoms with Gasteiger partial charge in [-0.15, -0.1) is 11.3 Å². The minimum absolute atomic E-state index is 0.137. The Morgan fingerprint density at radius 3 is 2.87 bits per heavy atom. The summed E-state index contributed by atoms with van der Waals surface area (Å²) < 4.78 is 5.46.